The lowest BCUT2D eigenvalue weighted by Crippen LogP contribution is -2.34. The molecule has 2 heterocycles. The molecule has 0 amide bonds. The lowest BCUT2D eigenvalue weighted by atomic mass is 10.1. The van der Waals surface area contributed by atoms with E-state index >= 15 is 0 Å². The zero-order chi connectivity index (χ0) is 11.7. The van der Waals surface area contributed by atoms with Crippen LogP contribution in [0.1, 0.15) is 11.3 Å². The Kier molecular flexibility index (Phi) is 2.82. The van der Waals surface area contributed by atoms with Crippen LogP contribution in [0.2, 0.25) is 0 Å². The number of hydrogen-bond acceptors (Lipinski definition) is 4. The summed E-state index contributed by atoms with van der Waals surface area (Å²) in [4.78, 5) is 6.57. The predicted molar refractivity (Wildman–Crippen MR) is 69.3 cm³/mol. The summed E-state index contributed by atoms with van der Waals surface area (Å²) >= 11 is 1.61. The number of aliphatic hydroxyl groups is 1. The SMILES string of the molecule is OC[C@H]1Cc2ccccc2N1Cc1cscn1. The summed E-state index contributed by atoms with van der Waals surface area (Å²) in [7, 11) is 0. The van der Waals surface area contributed by atoms with E-state index in [0.717, 1.165) is 18.7 Å². The van der Waals surface area contributed by atoms with Crippen LogP contribution in [0.3, 0.4) is 0 Å². The highest BCUT2D eigenvalue weighted by molar-refractivity contribution is 7.07. The first-order valence-corrected chi connectivity index (χ1v) is 6.65. The van der Waals surface area contributed by atoms with E-state index in [4.69, 9.17) is 0 Å². The number of fused-ring (bicyclic) bond motifs is 1. The fourth-order valence-electron chi connectivity index (χ4n) is 2.39. The maximum Gasteiger partial charge on any atom is 0.0795 e. The highest BCUT2D eigenvalue weighted by Crippen LogP contribution is 2.32. The predicted octanol–water partition coefficient (Wildman–Crippen LogP) is 2.07. The minimum atomic E-state index is 0.189. The van der Waals surface area contributed by atoms with Crippen molar-refractivity contribution in [1.82, 2.24) is 4.98 Å². The van der Waals surface area contributed by atoms with Gasteiger partial charge in [0.25, 0.3) is 0 Å². The van der Waals surface area contributed by atoms with Crippen molar-refractivity contribution in [3.63, 3.8) is 0 Å². The molecule has 0 saturated carbocycles. The van der Waals surface area contributed by atoms with Gasteiger partial charge in [-0.2, -0.15) is 0 Å². The van der Waals surface area contributed by atoms with E-state index in [-0.39, 0.29) is 12.6 Å². The van der Waals surface area contributed by atoms with Gasteiger partial charge in [-0.15, -0.1) is 11.3 Å². The van der Waals surface area contributed by atoms with E-state index < -0.39 is 0 Å². The molecular weight excluding hydrogens is 232 g/mol. The molecule has 0 spiro atoms. The Labute approximate surface area is 104 Å². The summed E-state index contributed by atoms with van der Waals surface area (Å²) in [5.41, 5.74) is 5.48. The van der Waals surface area contributed by atoms with Crippen molar-refractivity contribution in [1.29, 1.82) is 0 Å². The number of aliphatic hydroxyl groups excluding tert-OH is 1. The Bertz CT molecular complexity index is 498. The molecular formula is C13H14N2OS. The van der Waals surface area contributed by atoms with Crippen LogP contribution in [0.5, 0.6) is 0 Å². The van der Waals surface area contributed by atoms with Gasteiger partial charge in [-0.05, 0) is 18.1 Å². The van der Waals surface area contributed by atoms with Gasteiger partial charge in [-0.1, -0.05) is 18.2 Å². The Morgan fingerprint density at radius 1 is 1.41 bits per heavy atom. The van der Waals surface area contributed by atoms with E-state index in [9.17, 15) is 5.11 Å². The average molecular weight is 246 g/mol. The van der Waals surface area contributed by atoms with Gasteiger partial charge in [0.05, 0.1) is 30.4 Å². The number of thiazole rings is 1. The zero-order valence-corrected chi connectivity index (χ0v) is 10.2. The molecule has 0 fully saturated rings. The summed E-state index contributed by atoms with van der Waals surface area (Å²) < 4.78 is 0. The molecule has 1 aliphatic heterocycles. The third-order valence-electron chi connectivity index (χ3n) is 3.22. The van der Waals surface area contributed by atoms with Crippen LogP contribution < -0.4 is 4.90 Å². The highest BCUT2D eigenvalue weighted by atomic mass is 32.1. The summed E-state index contributed by atoms with van der Waals surface area (Å²) in [5, 5.41) is 11.5. The standard InChI is InChI=1S/C13H14N2OS/c16-7-12-5-10-3-1-2-4-13(10)15(12)6-11-8-17-9-14-11/h1-4,8-9,12,16H,5-7H2/t12-/m1/s1. The largest absolute Gasteiger partial charge is 0.394 e. The molecule has 88 valence electrons. The van der Waals surface area contributed by atoms with Crippen LogP contribution >= 0.6 is 11.3 Å². The molecule has 17 heavy (non-hydrogen) atoms. The van der Waals surface area contributed by atoms with Crippen molar-refractivity contribution < 1.29 is 5.11 Å². The molecule has 3 rings (SSSR count). The minimum Gasteiger partial charge on any atom is -0.394 e. The number of para-hydroxylation sites is 1. The normalized spacial score (nSPS) is 18.4. The average Bonchev–Trinajstić information content (AvgIpc) is 2.98. The summed E-state index contributed by atoms with van der Waals surface area (Å²) in [6.07, 6.45) is 0.927. The van der Waals surface area contributed by atoms with E-state index in [1.54, 1.807) is 11.3 Å². The molecule has 1 atom stereocenters. The summed E-state index contributed by atoms with van der Waals surface area (Å²) in [6.45, 7) is 0.977. The van der Waals surface area contributed by atoms with Gasteiger partial charge in [0.1, 0.15) is 0 Å². The maximum absolute atomic E-state index is 9.48. The fourth-order valence-corrected chi connectivity index (χ4v) is 2.94. The lowest BCUT2D eigenvalue weighted by Gasteiger charge is -2.25. The number of benzene rings is 1. The molecule has 1 aliphatic rings. The third-order valence-corrected chi connectivity index (χ3v) is 3.86. The van der Waals surface area contributed by atoms with E-state index in [2.05, 4.69) is 33.5 Å². The van der Waals surface area contributed by atoms with Gasteiger partial charge >= 0.3 is 0 Å². The Hall–Kier alpha value is -1.39. The first kappa shape index (κ1) is 10.7. The second-order valence-electron chi connectivity index (χ2n) is 4.28. The van der Waals surface area contributed by atoms with Crippen molar-refractivity contribution in [3.05, 3.63) is 46.4 Å². The van der Waals surface area contributed by atoms with Crippen LogP contribution in [-0.2, 0) is 13.0 Å². The third kappa shape index (κ3) is 1.94. The topological polar surface area (TPSA) is 36.4 Å². The Morgan fingerprint density at radius 2 is 2.29 bits per heavy atom. The molecule has 1 N–H and O–H groups in total. The van der Waals surface area contributed by atoms with Crippen LogP contribution in [0.25, 0.3) is 0 Å². The van der Waals surface area contributed by atoms with Gasteiger partial charge in [-0.25, -0.2) is 4.98 Å². The summed E-state index contributed by atoms with van der Waals surface area (Å²) in [6, 6.07) is 8.55. The van der Waals surface area contributed by atoms with Gasteiger partial charge in [0, 0.05) is 11.1 Å². The molecule has 1 aromatic carbocycles. The lowest BCUT2D eigenvalue weighted by molar-refractivity contribution is 0.262. The van der Waals surface area contributed by atoms with E-state index in [1.165, 1.54) is 11.3 Å². The van der Waals surface area contributed by atoms with E-state index in [0.29, 0.717) is 0 Å². The second kappa shape index (κ2) is 4.47. The van der Waals surface area contributed by atoms with E-state index in [1.807, 2.05) is 11.6 Å². The van der Waals surface area contributed by atoms with Crippen molar-refractivity contribution in [2.75, 3.05) is 11.5 Å². The molecule has 2 aromatic rings. The number of hydrogen-bond donors (Lipinski definition) is 1. The van der Waals surface area contributed by atoms with Gasteiger partial charge in [0.2, 0.25) is 0 Å². The monoisotopic (exact) mass is 246 g/mol. The molecule has 0 aliphatic carbocycles. The van der Waals surface area contributed by atoms with Gasteiger partial charge < -0.3 is 10.0 Å². The van der Waals surface area contributed by atoms with Crippen molar-refractivity contribution in [2.24, 2.45) is 0 Å². The fraction of sp³-hybridized carbons (Fsp3) is 0.308. The van der Waals surface area contributed by atoms with Crippen LogP contribution in [0.15, 0.2) is 35.2 Å². The zero-order valence-electron chi connectivity index (χ0n) is 9.41. The quantitative estimate of drug-likeness (QED) is 0.900. The molecule has 0 radical (unpaired) electrons. The first-order chi connectivity index (χ1) is 8.38. The summed E-state index contributed by atoms with van der Waals surface area (Å²) in [5.74, 6) is 0. The molecule has 3 nitrogen and oxygen atoms in total. The Balaban J connectivity index is 1.90. The number of anilines is 1. The van der Waals surface area contributed by atoms with Crippen LogP contribution in [0, 0.1) is 0 Å². The highest BCUT2D eigenvalue weighted by Gasteiger charge is 2.28. The van der Waals surface area contributed by atoms with Crippen molar-refractivity contribution in [2.45, 2.75) is 19.0 Å². The molecule has 4 heteroatoms. The smallest absolute Gasteiger partial charge is 0.0795 e. The van der Waals surface area contributed by atoms with Gasteiger partial charge in [-0.3, -0.25) is 0 Å². The van der Waals surface area contributed by atoms with Crippen molar-refractivity contribution >= 4 is 17.0 Å². The van der Waals surface area contributed by atoms with Crippen LogP contribution in [0.4, 0.5) is 5.69 Å². The molecule has 0 bridgehead atoms. The Morgan fingerprint density at radius 3 is 3.06 bits per heavy atom. The maximum atomic E-state index is 9.48. The minimum absolute atomic E-state index is 0.189. The number of rotatable bonds is 3. The molecule has 1 aromatic heterocycles. The number of nitrogens with zero attached hydrogens (tertiary/aromatic N) is 2. The first-order valence-electron chi connectivity index (χ1n) is 5.71. The number of aromatic nitrogens is 1. The van der Waals surface area contributed by atoms with Gasteiger partial charge in [0.15, 0.2) is 0 Å². The molecule has 0 saturated heterocycles. The van der Waals surface area contributed by atoms with Crippen molar-refractivity contribution in [3.8, 4) is 0 Å². The van der Waals surface area contributed by atoms with Crippen LogP contribution in [-0.4, -0.2) is 22.7 Å². The molecule has 0 unspecified atom stereocenters. The second-order valence-corrected chi connectivity index (χ2v) is 5.00.